The molecule has 0 heterocycles. The van der Waals surface area contributed by atoms with Gasteiger partial charge in [-0.3, -0.25) is 0 Å². The molecule has 1 fully saturated rings. The molecule has 1 aliphatic rings. The fraction of sp³-hybridized carbons (Fsp3) is 1.00. The van der Waals surface area contributed by atoms with Crippen molar-refractivity contribution in [2.24, 2.45) is 0 Å². The maximum atomic E-state index is 6.03. The molecule has 5 heteroatoms. The molecule has 16 heavy (non-hydrogen) atoms. The van der Waals surface area contributed by atoms with Crippen molar-refractivity contribution in [2.75, 3.05) is 27.9 Å². The number of hydrogen-bond acceptors (Lipinski definition) is 4. The van der Waals surface area contributed by atoms with Crippen molar-refractivity contribution in [3.05, 3.63) is 0 Å². The van der Waals surface area contributed by atoms with E-state index in [2.05, 4.69) is 0 Å². The maximum Gasteiger partial charge on any atom is 0.503 e. The summed E-state index contributed by atoms with van der Waals surface area (Å²) in [5.41, 5.74) is 0.460. The van der Waals surface area contributed by atoms with Crippen LogP contribution < -0.4 is 0 Å². The molecule has 0 aromatic rings. The van der Waals surface area contributed by atoms with Gasteiger partial charge in [0.15, 0.2) is 0 Å². The maximum absolute atomic E-state index is 6.03. The summed E-state index contributed by atoms with van der Waals surface area (Å²) >= 11 is 0. The second-order valence-corrected chi connectivity index (χ2v) is 7.45. The zero-order valence-corrected chi connectivity index (χ0v) is 11.8. The van der Waals surface area contributed by atoms with E-state index in [9.17, 15) is 0 Å². The van der Waals surface area contributed by atoms with E-state index in [1.54, 1.807) is 21.3 Å². The van der Waals surface area contributed by atoms with Crippen LogP contribution >= 0.6 is 0 Å². The van der Waals surface area contributed by atoms with Gasteiger partial charge < -0.3 is 18.0 Å². The Morgan fingerprint density at radius 1 is 1.12 bits per heavy atom. The molecule has 1 unspecified atom stereocenters. The Hall–Kier alpha value is 0.0569. The van der Waals surface area contributed by atoms with Gasteiger partial charge in [0.1, 0.15) is 0 Å². The van der Waals surface area contributed by atoms with E-state index in [0.717, 1.165) is 12.8 Å². The Kier molecular flexibility index (Phi) is 5.92. The second kappa shape index (κ2) is 6.71. The lowest BCUT2D eigenvalue weighted by molar-refractivity contribution is 0.0159. The van der Waals surface area contributed by atoms with Crippen LogP contribution in [0.5, 0.6) is 0 Å². The highest BCUT2D eigenvalue weighted by atomic mass is 28.4. The molecule has 96 valence electrons. The highest BCUT2D eigenvalue weighted by Gasteiger charge is 2.49. The van der Waals surface area contributed by atoms with Crippen molar-refractivity contribution < 1.29 is 18.0 Å². The molecule has 1 atom stereocenters. The summed E-state index contributed by atoms with van der Waals surface area (Å²) in [7, 11) is 2.59. The van der Waals surface area contributed by atoms with Crippen molar-refractivity contribution in [1.82, 2.24) is 0 Å². The summed E-state index contributed by atoms with van der Waals surface area (Å²) in [5, 5.41) is 0. The van der Waals surface area contributed by atoms with E-state index < -0.39 is 8.80 Å². The third-order valence-electron chi connectivity index (χ3n) is 3.19. The Morgan fingerprint density at radius 2 is 1.69 bits per heavy atom. The van der Waals surface area contributed by atoms with Crippen molar-refractivity contribution >= 4 is 8.80 Å². The van der Waals surface area contributed by atoms with Gasteiger partial charge in [0.2, 0.25) is 0 Å². The van der Waals surface area contributed by atoms with Gasteiger partial charge in [-0.2, -0.15) is 0 Å². The summed E-state index contributed by atoms with van der Waals surface area (Å²) in [6, 6.07) is 0. The number of hydrogen-bond donors (Lipinski definition) is 0. The summed E-state index contributed by atoms with van der Waals surface area (Å²) in [5.74, 6) is 0. The smallest absolute Gasteiger partial charge is 0.382 e. The van der Waals surface area contributed by atoms with Gasteiger partial charge in [-0.1, -0.05) is 12.8 Å². The van der Waals surface area contributed by atoms with Crippen molar-refractivity contribution in [3.63, 3.8) is 0 Å². The molecular formula is C11H24O4Si. The van der Waals surface area contributed by atoms with Crippen LogP contribution in [-0.2, 0) is 18.0 Å². The lowest BCUT2D eigenvalue weighted by Crippen LogP contribution is -2.50. The average molecular weight is 248 g/mol. The Labute approximate surface area is 99.6 Å². The Morgan fingerprint density at radius 3 is 2.12 bits per heavy atom. The molecule has 0 spiro atoms. The van der Waals surface area contributed by atoms with Gasteiger partial charge in [-0.15, -0.1) is 0 Å². The number of rotatable bonds is 7. The fourth-order valence-electron chi connectivity index (χ4n) is 2.44. The van der Waals surface area contributed by atoms with Crippen molar-refractivity contribution in [2.45, 2.75) is 44.3 Å². The van der Waals surface area contributed by atoms with E-state index in [1.165, 1.54) is 12.8 Å². The van der Waals surface area contributed by atoms with E-state index in [-0.39, 0.29) is 6.10 Å². The summed E-state index contributed by atoms with van der Waals surface area (Å²) in [4.78, 5) is 0. The molecule has 1 rings (SSSR count). The van der Waals surface area contributed by atoms with Gasteiger partial charge >= 0.3 is 8.80 Å². The van der Waals surface area contributed by atoms with Crippen molar-refractivity contribution in [1.29, 1.82) is 0 Å². The Balaban J connectivity index is 2.62. The minimum absolute atomic E-state index is 0.0252. The third kappa shape index (κ3) is 3.27. The minimum Gasteiger partial charge on any atom is -0.382 e. The van der Waals surface area contributed by atoms with Crippen LogP contribution in [0.4, 0.5) is 0 Å². The highest BCUT2D eigenvalue weighted by molar-refractivity contribution is 6.62. The third-order valence-corrected chi connectivity index (χ3v) is 6.64. The molecule has 0 aliphatic heterocycles. The fourth-order valence-corrected chi connectivity index (χ4v) is 5.40. The lowest BCUT2D eigenvalue weighted by Gasteiger charge is -2.33. The normalized spacial score (nSPS) is 20.2. The molecule has 0 N–H and O–H groups in total. The zero-order valence-electron chi connectivity index (χ0n) is 10.8. The number of methoxy groups -OCH3 is 1. The molecule has 4 nitrogen and oxygen atoms in total. The monoisotopic (exact) mass is 248 g/mol. The van der Waals surface area contributed by atoms with Crippen LogP contribution in [0.15, 0.2) is 0 Å². The Bertz CT molecular complexity index is 190. The highest BCUT2D eigenvalue weighted by Crippen LogP contribution is 2.40. The summed E-state index contributed by atoms with van der Waals surface area (Å²) in [6.07, 6.45) is 4.86. The van der Waals surface area contributed by atoms with Gasteiger partial charge in [0, 0.05) is 26.9 Å². The standard InChI is InChI=1S/C11H24O4Si/c1-10(9-12-2)15-16(13-3,14-4)11-7-5-6-8-11/h10-11H,5-9H2,1-4H3. The van der Waals surface area contributed by atoms with Crippen LogP contribution in [0.2, 0.25) is 5.54 Å². The summed E-state index contributed by atoms with van der Waals surface area (Å²) in [6.45, 7) is 2.58. The quantitative estimate of drug-likeness (QED) is 0.647. The predicted octanol–water partition coefficient (Wildman–Crippen LogP) is 2.21. The van der Waals surface area contributed by atoms with Gasteiger partial charge in [0.25, 0.3) is 0 Å². The van der Waals surface area contributed by atoms with E-state index in [0.29, 0.717) is 12.1 Å². The van der Waals surface area contributed by atoms with E-state index >= 15 is 0 Å². The molecule has 0 aromatic carbocycles. The van der Waals surface area contributed by atoms with Gasteiger partial charge in [-0.25, -0.2) is 0 Å². The topological polar surface area (TPSA) is 36.9 Å². The molecule has 0 amide bonds. The largest absolute Gasteiger partial charge is 0.503 e. The predicted molar refractivity (Wildman–Crippen MR) is 64.4 cm³/mol. The summed E-state index contributed by atoms with van der Waals surface area (Å²) < 4.78 is 22.4. The molecule has 0 saturated heterocycles. The minimum atomic E-state index is -2.49. The van der Waals surface area contributed by atoms with Crippen molar-refractivity contribution in [3.8, 4) is 0 Å². The average Bonchev–Trinajstić information content (AvgIpc) is 2.80. The first kappa shape index (κ1) is 14.1. The molecular weight excluding hydrogens is 224 g/mol. The second-order valence-electron chi connectivity index (χ2n) is 4.38. The molecule has 1 aliphatic carbocycles. The first-order valence-electron chi connectivity index (χ1n) is 5.95. The first-order valence-corrected chi connectivity index (χ1v) is 7.75. The molecule has 0 aromatic heterocycles. The van der Waals surface area contributed by atoms with E-state index in [1.807, 2.05) is 6.92 Å². The van der Waals surface area contributed by atoms with Crippen LogP contribution in [0, 0.1) is 0 Å². The molecule has 1 saturated carbocycles. The van der Waals surface area contributed by atoms with Gasteiger partial charge in [0.05, 0.1) is 12.7 Å². The zero-order chi connectivity index (χ0) is 12.0. The molecule has 0 radical (unpaired) electrons. The van der Waals surface area contributed by atoms with Crippen LogP contribution in [0.25, 0.3) is 0 Å². The van der Waals surface area contributed by atoms with E-state index in [4.69, 9.17) is 18.0 Å². The van der Waals surface area contributed by atoms with Crippen LogP contribution in [0.1, 0.15) is 32.6 Å². The lowest BCUT2D eigenvalue weighted by atomic mass is 10.4. The first-order chi connectivity index (χ1) is 7.68. The SMILES string of the molecule is COCC(C)O[Si](OC)(OC)C1CCCC1. The number of ether oxygens (including phenoxy) is 1. The molecule has 0 bridgehead atoms. The van der Waals surface area contributed by atoms with Crippen LogP contribution in [-0.4, -0.2) is 42.8 Å². The van der Waals surface area contributed by atoms with Crippen LogP contribution in [0.3, 0.4) is 0 Å². The van der Waals surface area contributed by atoms with Gasteiger partial charge in [-0.05, 0) is 19.8 Å².